The summed E-state index contributed by atoms with van der Waals surface area (Å²) in [5.74, 6) is -4.10. The summed E-state index contributed by atoms with van der Waals surface area (Å²) in [6.45, 7) is 1.33. The molecule has 9 nitrogen and oxygen atoms in total. The lowest BCUT2D eigenvalue weighted by atomic mass is 9.96. The number of carboxylic acid groups (broad SMARTS) is 3. The summed E-state index contributed by atoms with van der Waals surface area (Å²) in [6, 6.07) is 14.8. The molecule has 4 rings (SSSR count). The van der Waals surface area contributed by atoms with Crippen molar-refractivity contribution in [1.29, 1.82) is 0 Å². The molecule has 0 amide bonds. The van der Waals surface area contributed by atoms with Crippen LogP contribution in [-0.4, -0.2) is 49.2 Å². The Morgan fingerprint density at radius 3 is 1.29 bits per heavy atom. The Balaban J connectivity index is 2.00. The fraction of sp³-hybridized carbons (Fsp3) is 0.0400. The van der Waals surface area contributed by atoms with Crippen molar-refractivity contribution < 1.29 is 34.5 Å². The quantitative estimate of drug-likeness (QED) is 0.361. The molecule has 9 heteroatoms. The summed E-state index contributed by atoms with van der Waals surface area (Å²) in [5.41, 5.74) is 0.865. The summed E-state index contributed by atoms with van der Waals surface area (Å²) in [4.78, 5) is 46.6. The van der Waals surface area contributed by atoms with Crippen LogP contribution >= 0.6 is 0 Å². The maximum Gasteiger partial charge on any atom is 0.335 e. The molecule has 0 fully saturated rings. The molecule has 0 bridgehead atoms. The number of hydrogen-bond acceptors (Lipinski definition) is 6. The van der Waals surface area contributed by atoms with Crippen molar-refractivity contribution in [2.75, 3.05) is 0 Å². The number of aromatic carboxylic acids is 3. The van der Waals surface area contributed by atoms with Gasteiger partial charge in [0.15, 0.2) is 5.78 Å². The average molecular weight is 456 g/mol. The molecule has 0 aliphatic heterocycles. The van der Waals surface area contributed by atoms with Gasteiger partial charge in [-0.2, -0.15) is 0 Å². The molecule has 1 heterocycles. The predicted octanol–water partition coefficient (Wildman–Crippen LogP) is 4.26. The molecule has 0 aliphatic carbocycles. The molecule has 0 radical (unpaired) electrons. The van der Waals surface area contributed by atoms with Gasteiger partial charge in [-0.3, -0.25) is 4.79 Å². The van der Waals surface area contributed by atoms with Gasteiger partial charge in [-0.1, -0.05) is 24.3 Å². The minimum Gasteiger partial charge on any atom is -0.478 e. The Kier molecular flexibility index (Phi) is 5.60. The Morgan fingerprint density at radius 2 is 0.941 bits per heavy atom. The molecular weight excluding hydrogens is 440 g/mol. The van der Waals surface area contributed by atoms with E-state index < -0.39 is 17.9 Å². The molecule has 0 atom stereocenters. The zero-order valence-electron chi connectivity index (χ0n) is 17.6. The highest BCUT2D eigenvalue weighted by Gasteiger charge is 2.19. The third kappa shape index (κ3) is 4.09. The minimum absolute atomic E-state index is 0.0853. The van der Waals surface area contributed by atoms with Gasteiger partial charge in [-0.15, -0.1) is 10.2 Å². The average Bonchev–Trinajstić information content (AvgIpc) is 2.82. The number of carbonyl (C=O) groups is 4. The first kappa shape index (κ1) is 22.3. The van der Waals surface area contributed by atoms with Gasteiger partial charge in [-0.05, 0) is 43.3 Å². The van der Waals surface area contributed by atoms with E-state index in [0.717, 1.165) is 6.07 Å². The smallest absolute Gasteiger partial charge is 0.335 e. The Labute approximate surface area is 191 Å². The van der Waals surface area contributed by atoms with E-state index in [0.29, 0.717) is 22.0 Å². The van der Waals surface area contributed by atoms with E-state index in [1.54, 1.807) is 24.3 Å². The van der Waals surface area contributed by atoms with Crippen molar-refractivity contribution in [3.05, 3.63) is 82.9 Å². The number of nitrogens with zero attached hydrogens (tertiary/aromatic N) is 2. The van der Waals surface area contributed by atoms with Gasteiger partial charge >= 0.3 is 17.9 Å². The molecule has 34 heavy (non-hydrogen) atoms. The normalized spacial score (nSPS) is 10.7. The van der Waals surface area contributed by atoms with E-state index in [1.807, 2.05) is 0 Å². The number of fused-ring (bicyclic) bond motifs is 1. The number of Topliss-reactive ketones (excluding diaryl/α,β-unsaturated/α-hetero) is 1. The minimum atomic E-state index is -1.29. The molecule has 0 spiro atoms. The molecule has 0 aliphatic rings. The van der Waals surface area contributed by atoms with E-state index in [2.05, 4.69) is 10.2 Å². The van der Waals surface area contributed by atoms with E-state index in [4.69, 9.17) is 0 Å². The lowest BCUT2D eigenvalue weighted by Crippen LogP contribution is -2.04. The van der Waals surface area contributed by atoms with Crippen LogP contribution in [-0.2, 0) is 0 Å². The first-order valence-electron chi connectivity index (χ1n) is 9.93. The SMILES string of the molecule is CC(=O)c1cc(C(=O)O)cc(-c2nnc(-c3cc(C(=O)O)cc(C(=O)O)c3)c3ccccc23)c1. The number of rotatable bonds is 6. The van der Waals surface area contributed by atoms with Crippen LogP contribution in [0.2, 0.25) is 0 Å². The fourth-order valence-corrected chi connectivity index (χ4v) is 3.63. The van der Waals surface area contributed by atoms with Crippen LogP contribution in [0.3, 0.4) is 0 Å². The van der Waals surface area contributed by atoms with Crippen LogP contribution in [0.1, 0.15) is 48.4 Å². The van der Waals surface area contributed by atoms with Crippen LogP contribution < -0.4 is 0 Å². The van der Waals surface area contributed by atoms with E-state index in [9.17, 15) is 34.5 Å². The zero-order valence-corrected chi connectivity index (χ0v) is 17.6. The van der Waals surface area contributed by atoms with Gasteiger partial charge in [-0.25, -0.2) is 14.4 Å². The van der Waals surface area contributed by atoms with Crippen molar-refractivity contribution in [2.45, 2.75) is 6.92 Å². The largest absolute Gasteiger partial charge is 0.478 e. The number of ketones is 1. The summed E-state index contributed by atoms with van der Waals surface area (Å²) in [6.07, 6.45) is 0. The van der Waals surface area contributed by atoms with Crippen molar-refractivity contribution >= 4 is 34.5 Å². The van der Waals surface area contributed by atoms with Gasteiger partial charge in [0.25, 0.3) is 0 Å². The molecule has 1 aromatic heterocycles. The lowest BCUT2D eigenvalue weighted by molar-refractivity contribution is 0.0682. The summed E-state index contributed by atoms with van der Waals surface area (Å²) in [5, 5.41) is 37.9. The number of aromatic nitrogens is 2. The Hall–Kier alpha value is -4.92. The number of carbonyl (C=O) groups excluding carboxylic acids is 1. The second-order valence-corrected chi connectivity index (χ2v) is 7.51. The van der Waals surface area contributed by atoms with Gasteiger partial charge in [0.05, 0.1) is 16.7 Å². The fourth-order valence-electron chi connectivity index (χ4n) is 3.63. The molecule has 0 saturated heterocycles. The maximum atomic E-state index is 12.0. The number of carboxylic acids is 3. The van der Waals surface area contributed by atoms with Crippen molar-refractivity contribution in [3.8, 4) is 22.5 Å². The van der Waals surface area contributed by atoms with Crippen molar-refractivity contribution in [2.24, 2.45) is 0 Å². The number of hydrogen-bond donors (Lipinski definition) is 3. The molecule has 3 aromatic carbocycles. The maximum absolute atomic E-state index is 12.0. The molecular formula is C25H16N2O7. The zero-order chi connectivity index (χ0) is 24.6. The standard InChI is InChI=1S/C25H16N2O7/c1-12(28)13-6-14(8-16(7-13)23(29)30)21-19-4-2-3-5-20(19)22(27-26-21)15-9-17(24(31)32)11-18(10-15)25(33)34/h2-11H,1H3,(H,29,30)(H,31,32)(H,33,34). The van der Waals surface area contributed by atoms with Crippen molar-refractivity contribution in [3.63, 3.8) is 0 Å². The highest BCUT2D eigenvalue weighted by Crippen LogP contribution is 2.34. The van der Waals surface area contributed by atoms with E-state index in [-0.39, 0.29) is 39.3 Å². The van der Waals surface area contributed by atoms with Gasteiger partial charge in [0.2, 0.25) is 0 Å². The van der Waals surface area contributed by atoms with Crippen LogP contribution in [0.25, 0.3) is 33.3 Å². The highest BCUT2D eigenvalue weighted by atomic mass is 16.4. The van der Waals surface area contributed by atoms with Crippen LogP contribution in [0.15, 0.2) is 60.7 Å². The molecule has 0 unspecified atom stereocenters. The monoisotopic (exact) mass is 456 g/mol. The summed E-state index contributed by atoms with van der Waals surface area (Å²) < 4.78 is 0. The lowest BCUT2D eigenvalue weighted by Gasteiger charge is -2.12. The van der Waals surface area contributed by atoms with Gasteiger partial charge in [0, 0.05) is 27.5 Å². The molecule has 4 aromatic rings. The second-order valence-electron chi connectivity index (χ2n) is 7.51. The summed E-state index contributed by atoms with van der Waals surface area (Å²) in [7, 11) is 0. The molecule has 168 valence electrons. The van der Waals surface area contributed by atoms with Crippen molar-refractivity contribution in [1.82, 2.24) is 10.2 Å². The number of benzene rings is 3. The molecule has 0 saturated carbocycles. The van der Waals surface area contributed by atoms with Gasteiger partial charge in [0.1, 0.15) is 11.4 Å². The van der Waals surface area contributed by atoms with E-state index >= 15 is 0 Å². The third-order valence-corrected chi connectivity index (χ3v) is 5.25. The van der Waals surface area contributed by atoms with Crippen LogP contribution in [0.4, 0.5) is 0 Å². The van der Waals surface area contributed by atoms with Gasteiger partial charge < -0.3 is 15.3 Å². The second kappa shape index (κ2) is 8.55. The third-order valence-electron chi connectivity index (χ3n) is 5.25. The van der Waals surface area contributed by atoms with E-state index in [1.165, 1.54) is 37.3 Å². The highest BCUT2D eigenvalue weighted by molar-refractivity contribution is 6.05. The first-order valence-corrected chi connectivity index (χ1v) is 9.93. The Bertz CT molecular complexity index is 1350. The molecule has 3 N–H and O–H groups in total. The topological polar surface area (TPSA) is 155 Å². The Morgan fingerprint density at radius 1 is 0.588 bits per heavy atom. The van der Waals surface area contributed by atoms with Crippen LogP contribution in [0.5, 0.6) is 0 Å². The van der Waals surface area contributed by atoms with Crippen LogP contribution in [0, 0.1) is 0 Å². The first-order chi connectivity index (χ1) is 16.2. The predicted molar refractivity (Wildman–Crippen MR) is 121 cm³/mol. The summed E-state index contributed by atoms with van der Waals surface area (Å²) >= 11 is 0.